The molecule has 2 aromatic carbocycles. The van der Waals surface area contributed by atoms with Crippen molar-refractivity contribution in [1.29, 1.82) is 0 Å². The molecule has 0 aliphatic rings. The molecule has 7 nitrogen and oxygen atoms in total. The summed E-state index contributed by atoms with van der Waals surface area (Å²) in [6.45, 7) is 7.21. The van der Waals surface area contributed by atoms with Gasteiger partial charge in [0.15, 0.2) is 0 Å². The van der Waals surface area contributed by atoms with Crippen LogP contribution in [0.2, 0.25) is 5.02 Å². The first-order chi connectivity index (χ1) is 15.4. The third-order valence-electron chi connectivity index (χ3n) is 4.78. The van der Waals surface area contributed by atoms with Crippen molar-refractivity contribution in [2.75, 3.05) is 10.6 Å². The maximum atomic E-state index is 12.9. The van der Waals surface area contributed by atoms with Gasteiger partial charge in [-0.05, 0) is 68.0 Å². The molecule has 0 saturated heterocycles. The molecule has 2 N–H and O–H groups in total. The molecule has 160 valence electrons. The minimum Gasteiger partial charge on any atom is -0.322 e. The van der Waals surface area contributed by atoms with Crippen molar-refractivity contribution >= 4 is 46.1 Å². The highest BCUT2D eigenvalue weighted by molar-refractivity contribution is 6.35. The molecular weight excluding hydrogens is 426 g/mol. The van der Waals surface area contributed by atoms with Crippen LogP contribution in [0, 0.1) is 13.8 Å². The summed E-state index contributed by atoms with van der Waals surface area (Å²) >= 11 is 6.52. The molecule has 8 heteroatoms. The maximum Gasteiger partial charge on any atom is 0.258 e. The van der Waals surface area contributed by atoms with Gasteiger partial charge in [-0.15, -0.1) is 0 Å². The molecule has 0 aliphatic heterocycles. The normalized spacial score (nSPS) is 10.7. The summed E-state index contributed by atoms with van der Waals surface area (Å²) < 4.78 is 1.76. The second-order valence-electron chi connectivity index (χ2n) is 7.27. The average Bonchev–Trinajstić information content (AvgIpc) is 3.12. The fourth-order valence-corrected chi connectivity index (χ4v) is 3.69. The van der Waals surface area contributed by atoms with Crippen LogP contribution >= 0.6 is 11.6 Å². The van der Waals surface area contributed by atoms with Crippen LogP contribution in [0.3, 0.4) is 0 Å². The molecule has 0 saturated carbocycles. The third kappa shape index (κ3) is 4.24. The Labute approximate surface area is 189 Å². The van der Waals surface area contributed by atoms with E-state index in [1.54, 1.807) is 41.1 Å². The number of anilines is 2. The molecule has 2 heterocycles. The highest BCUT2D eigenvalue weighted by Crippen LogP contribution is 2.32. The number of para-hydroxylation sites is 1. The van der Waals surface area contributed by atoms with Crippen LogP contribution in [0.4, 0.5) is 11.6 Å². The lowest BCUT2D eigenvalue weighted by Crippen LogP contribution is -2.16. The number of carbonyl (C=O) groups is 2. The van der Waals surface area contributed by atoms with Crippen molar-refractivity contribution in [1.82, 2.24) is 14.5 Å². The van der Waals surface area contributed by atoms with Gasteiger partial charge in [-0.2, -0.15) is 0 Å². The first kappa shape index (κ1) is 21.3. The monoisotopic (exact) mass is 445 g/mol. The van der Waals surface area contributed by atoms with Gasteiger partial charge in [-0.1, -0.05) is 24.2 Å². The van der Waals surface area contributed by atoms with E-state index in [9.17, 15) is 9.59 Å². The lowest BCUT2D eigenvalue weighted by atomic mass is 10.2. The standard InChI is InChI=1S/C24H20ClN5O2/c1-4-21(31)27-17-10-14(2)11-18(13-17)30-22-19(25)6-5-7-20(22)28-24(30)29-23(32)16-8-9-26-15(3)12-16/h4-13H,1H2,2-3H3,(H,27,31)(H,28,29,32). The van der Waals surface area contributed by atoms with Gasteiger partial charge in [0.25, 0.3) is 5.91 Å². The van der Waals surface area contributed by atoms with E-state index in [4.69, 9.17) is 11.6 Å². The summed E-state index contributed by atoms with van der Waals surface area (Å²) in [7, 11) is 0. The number of benzene rings is 2. The molecule has 0 unspecified atom stereocenters. The molecule has 32 heavy (non-hydrogen) atoms. The van der Waals surface area contributed by atoms with Crippen LogP contribution in [0.15, 0.2) is 67.4 Å². The first-order valence-corrected chi connectivity index (χ1v) is 10.2. The van der Waals surface area contributed by atoms with E-state index in [1.165, 1.54) is 6.08 Å². The van der Waals surface area contributed by atoms with Crippen LogP contribution in [0.1, 0.15) is 21.6 Å². The van der Waals surface area contributed by atoms with Gasteiger partial charge in [0, 0.05) is 23.1 Å². The summed E-state index contributed by atoms with van der Waals surface area (Å²) in [5.41, 5.74) is 4.62. The third-order valence-corrected chi connectivity index (χ3v) is 5.09. The van der Waals surface area contributed by atoms with Crippen molar-refractivity contribution in [3.8, 4) is 5.69 Å². The molecular formula is C24H20ClN5O2. The zero-order chi connectivity index (χ0) is 22.8. The second-order valence-corrected chi connectivity index (χ2v) is 7.68. The molecule has 0 spiro atoms. The Morgan fingerprint density at radius 2 is 1.91 bits per heavy atom. The zero-order valence-electron chi connectivity index (χ0n) is 17.5. The molecule has 0 bridgehead atoms. The van der Waals surface area contributed by atoms with Gasteiger partial charge in [-0.3, -0.25) is 24.5 Å². The number of amides is 2. The van der Waals surface area contributed by atoms with Gasteiger partial charge < -0.3 is 5.32 Å². The highest BCUT2D eigenvalue weighted by Gasteiger charge is 2.19. The number of imidazole rings is 1. The van der Waals surface area contributed by atoms with Crippen LogP contribution in [0.5, 0.6) is 0 Å². The lowest BCUT2D eigenvalue weighted by molar-refractivity contribution is -0.111. The van der Waals surface area contributed by atoms with Gasteiger partial charge in [0.1, 0.15) is 0 Å². The highest BCUT2D eigenvalue weighted by atomic mass is 35.5. The lowest BCUT2D eigenvalue weighted by Gasteiger charge is -2.14. The van der Waals surface area contributed by atoms with Gasteiger partial charge in [0.05, 0.1) is 21.7 Å². The molecule has 2 aromatic heterocycles. The Balaban J connectivity index is 1.86. The van der Waals surface area contributed by atoms with Crippen molar-refractivity contribution in [3.05, 3.63) is 89.2 Å². The van der Waals surface area contributed by atoms with E-state index in [0.29, 0.717) is 38.9 Å². The van der Waals surface area contributed by atoms with Gasteiger partial charge in [0.2, 0.25) is 11.9 Å². The molecule has 4 rings (SSSR count). The Hall–Kier alpha value is -3.97. The maximum absolute atomic E-state index is 12.9. The summed E-state index contributed by atoms with van der Waals surface area (Å²) in [4.78, 5) is 33.5. The largest absolute Gasteiger partial charge is 0.322 e. The van der Waals surface area contributed by atoms with E-state index < -0.39 is 0 Å². The number of hydrogen-bond acceptors (Lipinski definition) is 4. The first-order valence-electron chi connectivity index (χ1n) is 9.82. The summed E-state index contributed by atoms with van der Waals surface area (Å²) in [6.07, 6.45) is 2.78. The number of rotatable bonds is 5. The SMILES string of the molecule is C=CC(=O)Nc1cc(C)cc(-n2c(NC(=O)c3ccnc(C)c3)nc3cccc(Cl)c32)c1. The smallest absolute Gasteiger partial charge is 0.258 e. The van der Waals surface area contributed by atoms with Crippen LogP contribution in [0.25, 0.3) is 16.7 Å². The van der Waals surface area contributed by atoms with E-state index in [1.807, 2.05) is 32.0 Å². The number of hydrogen-bond donors (Lipinski definition) is 2. The number of halogens is 1. The molecule has 0 fully saturated rings. The number of nitrogens with zero attached hydrogens (tertiary/aromatic N) is 3. The average molecular weight is 446 g/mol. The number of fused-ring (bicyclic) bond motifs is 1. The minimum absolute atomic E-state index is 0.305. The predicted octanol–water partition coefficient (Wildman–Crippen LogP) is 5.07. The number of aryl methyl sites for hydroxylation is 2. The van der Waals surface area contributed by atoms with Crippen molar-refractivity contribution in [2.24, 2.45) is 0 Å². The summed E-state index contributed by atoms with van der Waals surface area (Å²) in [6, 6.07) is 14.2. The summed E-state index contributed by atoms with van der Waals surface area (Å²) in [5.74, 6) is -0.341. The van der Waals surface area contributed by atoms with Crippen molar-refractivity contribution in [3.63, 3.8) is 0 Å². The van der Waals surface area contributed by atoms with E-state index >= 15 is 0 Å². The zero-order valence-corrected chi connectivity index (χ0v) is 18.3. The fourth-order valence-electron chi connectivity index (χ4n) is 3.44. The Kier molecular flexibility index (Phi) is 5.75. The van der Waals surface area contributed by atoms with Crippen molar-refractivity contribution in [2.45, 2.75) is 13.8 Å². The number of aromatic nitrogens is 3. The topological polar surface area (TPSA) is 88.9 Å². The molecule has 0 atom stereocenters. The van der Waals surface area contributed by atoms with Gasteiger partial charge >= 0.3 is 0 Å². The number of nitrogens with one attached hydrogen (secondary N) is 2. The van der Waals surface area contributed by atoms with E-state index in [-0.39, 0.29) is 11.8 Å². The minimum atomic E-state index is -0.323. The van der Waals surface area contributed by atoms with Gasteiger partial charge in [-0.25, -0.2) is 4.98 Å². The second kappa shape index (κ2) is 8.64. The fraction of sp³-hybridized carbons (Fsp3) is 0.0833. The Bertz CT molecular complexity index is 1380. The molecule has 0 radical (unpaired) electrons. The predicted molar refractivity (Wildman–Crippen MR) is 127 cm³/mol. The number of carbonyl (C=O) groups excluding carboxylic acids is 2. The number of pyridine rings is 1. The van der Waals surface area contributed by atoms with Crippen molar-refractivity contribution < 1.29 is 9.59 Å². The molecule has 4 aromatic rings. The molecule has 0 aliphatic carbocycles. The van der Waals surface area contributed by atoms with Crippen LogP contribution in [-0.2, 0) is 4.79 Å². The Morgan fingerprint density at radius 3 is 2.66 bits per heavy atom. The molecule has 2 amide bonds. The van der Waals surface area contributed by atoms with Crippen LogP contribution < -0.4 is 10.6 Å². The quantitative estimate of drug-likeness (QED) is 0.420. The van der Waals surface area contributed by atoms with E-state index in [2.05, 4.69) is 27.2 Å². The summed E-state index contributed by atoms with van der Waals surface area (Å²) in [5, 5.41) is 6.13. The Morgan fingerprint density at radius 1 is 1.09 bits per heavy atom. The van der Waals surface area contributed by atoms with E-state index in [0.717, 1.165) is 11.3 Å². The van der Waals surface area contributed by atoms with Crippen LogP contribution in [-0.4, -0.2) is 26.3 Å².